The van der Waals surface area contributed by atoms with Crippen LogP contribution >= 0.6 is 0 Å². The van der Waals surface area contributed by atoms with Gasteiger partial charge in [-0.2, -0.15) is 0 Å². The molecule has 0 radical (unpaired) electrons. The number of aliphatic hydroxyl groups is 1. The number of ether oxygens (including phenoxy) is 1. The number of esters is 1. The molecule has 2 rings (SSSR count). The van der Waals surface area contributed by atoms with Crippen molar-refractivity contribution in [2.45, 2.75) is 6.61 Å². The Balaban J connectivity index is 2.50. The summed E-state index contributed by atoms with van der Waals surface area (Å²) in [7, 11) is 1.31. The predicted octanol–water partition coefficient (Wildman–Crippen LogP) is 1.11. The molecular formula is C10H9NO4. The van der Waals surface area contributed by atoms with Crippen molar-refractivity contribution in [2.24, 2.45) is 0 Å². The summed E-state index contributed by atoms with van der Waals surface area (Å²) in [4.78, 5) is 15.2. The van der Waals surface area contributed by atoms with E-state index in [1.165, 1.54) is 7.11 Å². The number of nitrogens with zero attached hydrogens (tertiary/aromatic N) is 1. The molecule has 0 saturated heterocycles. The monoisotopic (exact) mass is 207 g/mol. The van der Waals surface area contributed by atoms with E-state index in [0.29, 0.717) is 16.7 Å². The third-order valence-electron chi connectivity index (χ3n) is 1.99. The van der Waals surface area contributed by atoms with Gasteiger partial charge in [-0.05, 0) is 18.2 Å². The average molecular weight is 207 g/mol. The fourth-order valence-corrected chi connectivity index (χ4v) is 1.29. The van der Waals surface area contributed by atoms with Crippen molar-refractivity contribution in [3.63, 3.8) is 0 Å². The van der Waals surface area contributed by atoms with Crippen molar-refractivity contribution in [2.75, 3.05) is 7.11 Å². The molecule has 1 N–H and O–H groups in total. The topological polar surface area (TPSA) is 72.6 Å². The number of carbonyl (C=O) groups excluding carboxylic acids is 1. The minimum Gasteiger partial charge on any atom is -0.465 e. The van der Waals surface area contributed by atoms with E-state index >= 15 is 0 Å². The summed E-state index contributed by atoms with van der Waals surface area (Å²) in [6.07, 6.45) is 0. The van der Waals surface area contributed by atoms with E-state index in [0.717, 1.165) is 0 Å². The quantitative estimate of drug-likeness (QED) is 0.746. The first-order chi connectivity index (χ1) is 7.24. The largest absolute Gasteiger partial charge is 0.465 e. The summed E-state index contributed by atoms with van der Waals surface area (Å²) in [5, 5.41) is 8.82. The lowest BCUT2D eigenvalue weighted by molar-refractivity contribution is 0.0601. The van der Waals surface area contributed by atoms with Crippen LogP contribution in [0.4, 0.5) is 0 Å². The highest BCUT2D eigenvalue weighted by Gasteiger charge is 2.09. The third kappa shape index (κ3) is 1.69. The Morgan fingerprint density at radius 2 is 2.40 bits per heavy atom. The summed E-state index contributed by atoms with van der Waals surface area (Å²) in [5.41, 5.74) is 1.47. The first-order valence-electron chi connectivity index (χ1n) is 4.33. The SMILES string of the molecule is COC(=O)c1ccc2oc(CO)nc2c1. The standard InChI is InChI=1S/C10H9NO4/c1-14-10(13)6-2-3-8-7(4-6)11-9(5-12)15-8/h2-4,12H,5H2,1H3. The third-order valence-corrected chi connectivity index (χ3v) is 1.99. The molecule has 15 heavy (non-hydrogen) atoms. The van der Waals surface area contributed by atoms with E-state index in [-0.39, 0.29) is 12.5 Å². The maximum Gasteiger partial charge on any atom is 0.337 e. The first kappa shape index (κ1) is 9.67. The maximum absolute atomic E-state index is 11.2. The smallest absolute Gasteiger partial charge is 0.337 e. The van der Waals surface area contributed by atoms with Gasteiger partial charge >= 0.3 is 5.97 Å². The molecular weight excluding hydrogens is 198 g/mol. The summed E-state index contributed by atoms with van der Waals surface area (Å²) in [6, 6.07) is 4.76. The van der Waals surface area contributed by atoms with Crippen molar-refractivity contribution in [1.82, 2.24) is 4.98 Å². The van der Waals surface area contributed by atoms with Gasteiger partial charge in [-0.3, -0.25) is 0 Å². The van der Waals surface area contributed by atoms with Gasteiger partial charge in [0.15, 0.2) is 5.58 Å². The van der Waals surface area contributed by atoms with Gasteiger partial charge in [-0.1, -0.05) is 0 Å². The highest BCUT2D eigenvalue weighted by molar-refractivity contribution is 5.93. The summed E-state index contributed by atoms with van der Waals surface area (Å²) >= 11 is 0. The van der Waals surface area contributed by atoms with Gasteiger partial charge in [0.25, 0.3) is 0 Å². The fourth-order valence-electron chi connectivity index (χ4n) is 1.29. The van der Waals surface area contributed by atoms with Gasteiger partial charge in [0.05, 0.1) is 12.7 Å². The van der Waals surface area contributed by atoms with Crippen LogP contribution in [0.15, 0.2) is 22.6 Å². The minimum atomic E-state index is -0.426. The van der Waals surface area contributed by atoms with Crippen LogP contribution in [0.1, 0.15) is 16.2 Å². The Bertz CT molecular complexity index is 503. The first-order valence-corrected chi connectivity index (χ1v) is 4.33. The van der Waals surface area contributed by atoms with Crippen LogP contribution in [0.3, 0.4) is 0 Å². The Hall–Kier alpha value is -1.88. The predicted molar refractivity (Wildman–Crippen MR) is 51.3 cm³/mol. The molecule has 0 saturated carbocycles. The second-order valence-electron chi connectivity index (χ2n) is 2.94. The molecule has 5 heteroatoms. The van der Waals surface area contributed by atoms with E-state index < -0.39 is 5.97 Å². The zero-order chi connectivity index (χ0) is 10.8. The van der Waals surface area contributed by atoms with Gasteiger partial charge in [0.2, 0.25) is 5.89 Å². The second kappa shape index (κ2) is 3.70. The molecule has 0 unspecified atom stereocenters. The highest BCUT2D eigenvalue weighted by Crippen LogP contribution is 2.17. The van der Waals surface area contributed by atoms with Crippen molar-refractivity contribution in [3.8, 4) is 0 Å². The number of methoxy groups -OCH3 is 1. The maximum atomic E-state index is 11.2. The molecule has 0 fully saturated rings. The molecule has 0 amide bonds. The van der Waals surface area contributed by atoms with Gasteiger partial charge in [0.1, 0.15) is 12.1 Å². The van der Waals surface area contributed by atoms with Crippen LogP contribution in [0.2, 0.25) is 0 Å². The number of oxazole rings is 1. The van der Waals surface area contributed by atoms with Crippen LogP contribution < -0.4 is 0 Å². The minimum absolute atomic E-state index is 0.229. The number of aliphatic hydroxyl groups excluding tert-OH is 1. The van der Waals surface area contributed by atoms with E-state index in [9.17, 15) is 4.79 Å². The lowest BCUT2D eigenvalue weighted by Gasteiger charge is -1.96. The molecule has 0 aliphatic heterocycles. The number of aromatic nitrogens is 1. The van der Waals surface area contributed by atoms with E-state index in [4.69, 9.17) is 9.52 Å². The zero-order valence-corrected chi connectivity index (χ0v) is 8.06. The number of hydrogen-bond acceptors (Lipinski definition) is 5. The summed E-state index contributed by atoms with van der Waals surface area (Å²) < 4.78 is 9.74. The van der Waals surface area contributed by atoms with E-state index in [1.54, 1.807) is 18.2 Å². The van der Waals surface area contributed by atoms with Crippen LogP contribution in [0.5, 0.6) is 0 Å². The molecule has 1 aromatic heterocycles. The zero-order valence-electron chi connectivity index (χ0n) is 8.06. The molecule has 0 bridgehead atoms. The molecule has 1 aromatic carbocycles. The van der Waals surface area contributed by atoms with Gasteiger partial charge < -0.3 is 14.3 Å². The highest BCUT2D eigenvalue weighted by atomic mass is 16.5. The Morgan fingerprint density at radius 1 is 1.60 bits per heavy atom. The summed E-state index contributed by atoms with van der Waals surface area (Å²) in [5.74, 6) is -0.197. The molecule has 0 aliphatic rings. The Kier molecular flexibility index (Phi) is 2.39. The van der Waals surface area contributed by atoms with Crippen LogP contribution in [0.25, 0.3) is 11.1 Å². The van der Waals surface area contributed by atoms with E-state index in [1.807, 2.05) is 0 Å². The van der Waals surface area contributed by atoms with Crippen molar-refractivity contribution >= 4 is 17.1 Å². The van der Waals surface area contributed by atoms with Gasteiger partial charge in [-0.25, -0.2) is 9.78 Å². The average Bonchev–Trinajstić information content (AvgIpc) is 2.69. The number of carbonyl (C=O) groups is 1. The normalized spacial score (nSPS) is 10.5. The number of fused-ring (bicyclic) bond motifs is 1. The molecule has 0 spiro atoms. The molecule has 1 heterocycles. The molecule has 0 atom stereocenters. The van der Waals surface area contributed by atoms with Crippen molar-refractivity contribution in [1.29, 1.82) is 0 Å². The lowest BCUT2D eigenvalue weighted by atomic mass is 10.2. The lowest BCUT2D eigenvalue weighted by Crippen LogP contribution is -2.00. The Morgan fingerprint density at radius 3 is 3.07 bits per heavy atom. The van der Waals surface area contributed by atoms with Gasteiger partial charge in [0, 0.05) is 0 Å². The number of rotatable bonds is 2. The van der Waals surface area contributed by atoms with Crippen LogP contribution in [-0.2, 0) is 11.3 Å². The second-order valence-corrected chi connectivity index (χ2v) is 2.94. The number of hydrogen-bond donors (Lipinski definition) is 1. The Labute approximate surface area is 85.3 Å². The van der Waals surface area contributed by atoms with Gasteiger partial charge in [-0.15, -0.1) is 0 Å². The molecule has 0 aliphatic carbocycles. The molecule has 5 nitrogen and oxygen atoms in total. The van der Waals surface area contributed by atoms with Crippen molar-refractivity contribution < 1.29 is 19.1 Å². The van der Waals surface area contributed by atoms with Crippen LogP contribution in [0, 0.1) is 0 Å². The fraction of sp³-hybridized carbons (Fsp3) is 0.200. The van der Waals surface area contributed by atoms with Crippen LogP contribution in [-0.4, -0.2) is 23.2 Å². The molecule has 78 valence electrons. The van der Waals surface area contributed by atoms with Crippen molar-refractivity contribution in [3.05, 3.63) is 29.7 Å². The number of benzene rings is 1. The van der Waals surface area contributed by atoms with E-state index in [2.05, 4.69) is 9.72 Å². The summed E-state index contributed by atoms with van der Waals surface area (Å²) in [6.45, 7) is -0.262. The molecule has 2 aromatic rings.